The van der Waals surface area contributed by atoms with Gasteiger partial charge in [0.2, 0.25) is 0 Å². The molecule has 0 atom stereocenters. The lowest BCUT2D eigenvalue weighted by atomic mass is 9.89. The Labute approximate surface area is 164 Å². The minimum absolute atomic E-state index is 0.435. The van der Waals surface area contributed by atoms with Crippen LogP contribution >= 0.6 is 0 Å². The number of aryl methyl sites for hydroxylation is 4. The quantitative estimate of drug-likeness (QED) is 0.365. The average Bonchev–Trinajstić information content (AvgIpc) is 3.12. The highest BCUT2D eigenvalue weighted by atomic mass is 16.5. The molecular formula is C25H23N2O+. The van der Waals surface area contributed by atoms with Crippen LogP contribution in [0.3, 0.4) is 0 Å². The molecule has 2 aliphatic rings. The molecule has 4 aromatic rings. The molecule has 0 bridgehead atoms. The van der Waals surface area contributed by atoms with Gasteiger partial charge in [-0.1, -0.05) is 32.0 Å². The first-order chi connectivity index (χ1) is 13.5. The molecule has 3 heteroatoms. The van der Waals surface area contributed by atoms with Crippen molar-refractivity contribution in [1.82, 2.24) is 4.98 Å². The predicted octanol–water partition coefficient (Wildman–Crippen LogP) is 5.52. The Hall–Kier alpha value is -2.94. The topological polar surface area (TPSA) is 26.0 Å². The second kappa shape index (κ2) is 5.32. The minimum atomic E-state index is 0.435. The van der Waals surface area contributed by atoms with Gasteiger partial charge in [0.25, 0.3) is 6.33 Å². The van der Waals surface area contributed by atoms with Crippen molar-refractivity contribution >= 4 is 21.7 Å². The van der Waals surface area contributed by atoms with E-state index in [0.717, 1.165) is 35.2 Å². The molecule has 3 aromatic carbocycles. The van der Waals surface area contributed by atoms with Crippen molar-refractivity contribution in [3.63, 3.8) is 0 Å². The summed E-state index contributed by atoms with van der Waals surface area (Å²) in [4.78, 5) is 4.73. The summed E-state index contributed by atoms with van der Waals surface area (Å²) < 4.78 is 8.85. The molecule has 0 spiro atoms. The molecule has 0 saturated heterocycles. The Morgan fingerprint density at radius 1 is 1.11 bits per heavy atom. The van der Waals surface area contributed by atoms with Gasteiger partial charge < -0.3 is 4.74 Å². The van der Waals surface area contributed by atoms with Crippen molar-refractivity contribution in [2.75, 3.05) is 0 Å². The molecule has 1 aliphatic carbocycles. The highest BCUT2D eigenvalue weighted by molar-refractivity contribution is 6.07. The lowest BCUT2D eigenvalue weighted by Gasteiger charge is -2.25. The number of benzene rings is 3. The van der Waals surface area contributed by atoms with E-state index in [0.29, 0.717) is 5.92 Å². The number of ether oxygens (including phenoxy) is 1. The molecule has 0 unspecified atom stereocenters. The maximum atomic E-state index is 6.69. The highest BCUT2D eigenvalue weighted by Crippen LogP contribution is 2.52. The fraction of sp³-hybridized carbons (Fsp3) is 0.280. The Morgan fingerprint density at radius 3 is 2.79 bits per heavy atom. The van der Waals surface area contributed by atoms with E-state index in [1.165, 1.54) is 44.3 Å². The van der Waals surface area contributed by atoms with Crippen LogP contribution in [-0.2, 0) is 19.9 Å². The molecule has 0 amide bonds. The lowest BCUT2D eigenvalue weighted by molar-refractivity contribution is -0.662. The zero-order valence-corrected chi connectivity index (χ0v) is 16.8. The normalized spacial score (nSPS) is 14.0. The zero-order valence-electron chi connectivity index (χ0n) is 16.8. The highest BCUT2D eigenvalue weighted by Gasteiger charge is 2.34. The fourth-order valence-electron chi connectivity index (χ4n) is 5.11. The standard InChI is InChI=1S/C25H23N2O/c1-13(2)16-10-19-23-20(11-16)28-25-18-9-8-15-6-5-7-17(22(15)18)14(3)21(25)24(23)27(4)12-26-19/h5-7,10-13H,8-9H2,1-4H3/q+1. The summed E-state index contributed by atoms with van der Waals surface area (Å²) in [5, 5.41) is 3.90. The van der Waals surface area contributed by atoms with Crippen LogP contribution in [0, 0.1) is 6.92 Å². The van der Waals surface area contributed by atoms with Crippen molar-refractivity contribution in [2.45, 2.75) is 39.5 Å². The molecule has 0 fully saturated rings. The third-order valence-corrected chi connectivity index (χ3v) is 6.56. The molecule has 0 radical (unpaired) electrons. The van der Waals surface area contributed by atoms with Gasteiger partial charge in [-0.15, -0.1) is 0 Å². The fourth-order valence-corrected chi connectivity index (χ4v) is 5.11. The molecule has 138 valence electrons. The summed E-state index contributed by atoms with van der Waals surface area (Å²) in [5.41, 5.74) is 8.88. The predicted molar refractivity (Wildman–Crippen MR) is 112 cm³/mol. The monoisotopic (exact) mass is 367 g/mol. The third-order valence-electron chi connectivity index (χ3n) is 6.56. The van der Waals surface area contributed by atoms with Crippen LogP contribution in [0.1, 0.15) is 42.0 Å². The number of hydrogen-bond acceptors (Lipinski definition) is 2. The van der Waals surface area contributed by atoms with E-state index in [4.69, 9.17) is 9.72 Å². The molecule has 0 N–H and O–H groups in total. The molecule has 1 aliphatic heterocycles. The van der Waals surface area contributed by atoms with Gasteiger partial charge in [0, 0.05) is 5.56 Å². The number of rotatable bonds is 1. The third kappa shape index (κ3) is 1.89. The maximum Gasteiger partial charge on any atom is 0.287 e. The van der Waals surface area contributed by atoms with Crippen LogP contribution in [0.25, 0.3) is 32.9 Å². The molecule has 1 aromatic heterocycles. The number of aromatic nitrogens is 2. The van der Waals surface area contributed by atoms with Crippen molar-refractivity contribution in [2.24, 2.45) is 7.05 Å². The van der Waals surface area contributed by atoms with Crippen LogP contribution in [-0.4, -0.2) is 4.98 Å². The zero-order chi connectivity index (χ0) is 19.2. The van der Waals surface area contributed by atoms with Gasteiger partial charge in [0.05, 0.1) is 12.6 Å². The van der Waals surface area contributed by atoms with Gasteiger partial charge in [-0.05, 0) is 70.3 Å². The second-order valence-electron chi connectivity index (χ2n) is 8.52. The summed E-state index contributed by atoms with van der Waals surface area (Å²) in [6.07, 6.45) is 4.10. The van der Waals surface area contributed by atoms with Crippen LogP contribution in [0.5, 0.6) is 11.5 Å². The second-order valence-corrected chi connectivity index (χ2v) is 8.52. The molecule has 2 heterocycles. The van der Waals surface area contributed by atoms with Crippen LogP contribution in [0.15, 0.2) is 36.7 Å². The molecule has 3 nitrogen and oxygen atoms in total. The smallest absolute Gasteiger partial charge is 0.287 e. The minimum Gasteiger partial charge on any atom is -0.455 e. The van der Waals surface area contributed by atoms with E-state index < -0.39 is 0 Å². The number of nitrogens with zero attached hydrogens (tertiary/aromatic N) is 2. The van der Waals surface area contributed by atoms with E-state index in [9.17, 15) is 0 Å². The van der Waals surface area contributed by atoms with E-state index >= 15 is 0 Å². The van der Waals surface area contributed by atoms with E-state index in [-0.39, 0.29) is 0 Å². The first kappa shape index (κ1) is 16.1. The Morgan fingerprint density at radius 2 is 1.96 bits per heavy atom. The van der Waals surface area contributed by atoms with Crippen molar-refractivity contribution in [3.8, 4) is 22.8 Å². The SMILES string of the molecule is Cc1c2c(c3c4c(cccc14)CC3)Oc1cc(C(C)C)cc3nc[n+](C)c-2c13. The largest absolute Gasteiger partial charge is 0.455 e. The van der Waals surface area contributed by atoms with Gasteiger partial charge in [0.15, 0.2) is 11.2 Å². The average molecular weight is 367 g/mol. The maximum absolute atomic E-state index is 6.69. The van der Waals surface area contributed by atoms with Gasteiger partial charge >= 0.3 is 0 Å². The summed E-state index contributed by atoms with van der Waals surface area (Å²) in [6, 6.07) is 11.2. The van der Waals surface area contributed by atoms with E-state index in [1.807, 2.05) is 6.33 Å². The first-order valence-electron chi connectivity index (χ1n) is 10.1. The summed E-state index contributed by atoms with van der Waals surface area (Å²) in [6.45, 7) is 6.68. The Kier molecular flexibility index (Phi) is 3.05. The molecule has 6 rings (SSSR count). The summed E-state index contributed by atoms with van der Waals surface area (Å²) in [5.74, 6) is 2.45. The number of fused-ring (bicyclic) bond motifs is 3. The van der Waals surface area contributed by atoms with Gasteiger partial charge in [-0.2, -0.15) is 0 Å². The van der Waals surface area contributed by atoms with E-state index in [1.54, 1.807) is 0 Å². The van der Waals surface area contributed by atoms with Crippen molar-refractivity contribution in [3.05, 3.63) is 58.9 Å². The molecule has 28 heavy (non-hydrogen) atoms. The van der Waals surface area contributed by atoms with Crippen molar-refractivity contribution in [1.29, 1.82) is 0 Å². The van der Waals surface area contributed by atoms with Crippen molar-refractivity contribution < 1.29 is 9.30 Å². The summed E-state index contributed by atoms with van der Waals surface area (Å²) in [7, 11) is 2.09. The molecular weight excluding hydrogens is 344 g/mol. The number of hydrogen-bond donors (Lipinski definition) is 0. The Balaban J connectivity index is 1.81. The lowest BCUT2D eigenvalue weighted by Crippen LogP contribution is -2.33. The van der Waals surface area contributed by atoms with Gasteiger partial charge in [0.1, 0.15) is 16.9 Å². The Bertz CT molecular complexity index is 1330. The summed E-state index contributed by atoms with van der Waals surface area (Å²) >= 11 is 0. The first-order valence-corrected chi connectivity index (χ1v) is 10.1. The van der Waals surface area contributed by atoms with E-state index in [2.05, 4.69) is 62.7 Å². The van der Waals surface area contributed by atoms with Crippen LogP contribution in [0.2, 0.25) is 0 Å². The molecule has 0 saturated carbocycles. The van der Waals surface area contributed by atoms with Gasteiger partial charge in [-0.25, -0.2) is 4.57 Å². The van der Waals surface area contributed by atoms with Gasteiger partial charge in [-0.3, -0.25) is 0 Å². The van der Waals surface area contributed by atoms with Crippen LogP contribution in [0.4, 0.5) is 0 Å². The van der Waals surface area contributed by atoms with Crippen LogP contribution < -0.4 is 9.30 Å².